The van der Waals surface area contributed by atoms with E-state index in [2.05, 4.69) is 38.1 Å². The van der Waals surface area contributed by atoms with Crippen LogP contribution in [-0.2, 0) is 0 Å². The molecule has 0 spiro atoms. The fourth-order valence-corrected chi connectivity index (χ4v) is 3.04. The van der Waals surface area contributed by atoms with E-state index in [0.717, 1.165) is 15.7 Å². The summed E-state index contributed by atoms with van der Waals surface area (Å²) in [6.45, 7) is 4.24. The first-order valence-corrected chi connectivity index (χ1v) is 7.64. The summed E-state index contributed by atoms with van der Waals surface area (Å²) in [6, 6.07) is 14.4. The lowest BCUT2D eigenvalue weighted by atomic mass is 10.0. The average Bonchev–Trinajstić information content (AvgIpc) is 2.39. The zero-order chi connectivity index (χ0) is 13.8. The molecule has 0 fully saturated rings. The topological polar surface area (TPSA) is 26.0 Å². The molecule has 0 radical (unpaired) electrons. The van der Waals surface area contributed by atoms with Gasteiger partial charge in [0.25, 0.3) is 0 Å². The lowest BCUT2D eigenvalue weighted by molar-refractivity contribution is 0.829. The van der Waals surface area contributed by atoms with E-state index in [4.69, 9.17) is 17.3 Å². The van der Waals surface area contributed by atoms with Gasteiger partial charge in [-0.15, -0.1) is 11.8 Å². The second-order valence-corrected chi connectivity index (χ2v) is 6.25. The van der Waals surface area contributed by atoms with Gasteiger partial charge in [-0.3, -0.25) is 0 Å². The van der Waals surface area contributed by atoms with Gasteiger partial charge in [0.05, 0.1) is 0 Å². The fraction of sp³-hybridized carbons (Fsp3) is 0.250. The van der Waals surface area contributed by atoms with Crippen LogP contribution in [0.15, 0.2) is 47.4 Å². The molecule has 1 nitrogen and oxygen atoms in total. The van der Waals surface area contributed by atoms with Crippen molar-refractivity contribution in [2.45, 2.75) is 24.8 Å². The maximum absolute atomic E-state index is 6.25. The van der Waals surface area contributed by atoms with Crippen LogP contribution >= 0.6 is 23.4 Å². The van der Waals surface area contributed by atoms with Gasteiger partial charge < -0.3 is 5.73 Å². The largest absolute Gasteiger partial charge is 0.323 e. The van der Waals surface area contributed by atoms with Crippen molar-refractivity contribution in [3.8, 4) is 0 Å². The van der Waals surface area contributed by atoms with Crippen LogP contribution < -0.4 is 5.73 Å². The molecule has 1 unspecified atom stereocenters. The molecule has 2 N–H and O–H groups in total. The van der Waals surface area contributed by atoms with Crippen LogP contribution in [0, 0.1) is 13.8 Å². The minimum atomic E-state index is 0.0447. The van der Waals surface area contributed by atoms with Crippen molar-refractivity contribution in [3.63, 3.8) is 0 Å². The van der Waals surface area contributed by atoms with Gasteiger partial charge in [-0.05, 0) is 48.7 Å². The molecule has 2 aromatic carbocycles. The van der Waals surface area contributed by atoms with E-state index >= 15 is 0 Å². The highest BCUT2D eigenvalue weighted by molar-refractivity contribution is 7.99. The third-order valence-corrected chi connectivity index (χ3v) is 4.53. The maximum atomic E-state index is 6.25. The molecule has 0 saturated heterocycles. The molecule has 1 atom stereocenters. The van der Waals surface area contributed by atoms with Gasteiger partial charge in [-0.25, -0.2) is 0 Å². The Hall–Kier alpha value is -0.960. The van der Waals surface area contributed by atoms with E-state index in [1.165, 1.54) is 16.7 Å². The Morgan fingerprint density at radius 3 is 2.58 bits per heavy atom. The number of halogens is 1. The predicted octanol–water partition coefficient (Wildman–Crippen LogP) is 4.75. The maximum Gasteiger partial charge on any atom is 0.0417 e. The minimum absolute atomic E-state index is 0.0447. The van der Waals surface area contributed by atoms with Gasteiger partial charge >= 0.3 is 0 Å². The number of hydrogen-bond donors (Lipinski definition) is 1. The van der Waals surface area contributed by atoms with Crippen molar-refractivity contribution >= 4 is 23.4 Å². The van der Waals surface area contributed by atoms with Crippen LogP contribution in [0.25, 0.3) is 0 Å². The van der Waals surface area contributed by atoms with E-state index in [1.807, 2.05) is 18.2 Å². The fourth-order valence-electron chi connectivity index (χ4n) is 1.83. The van der Waals surface area contributed by atoms with Gasteiger partial charge in [-0.1, -0.05) is 35.9 Å². The molecule has 0 heterocycles. The standard InChI is InChI=1S/C16H18ClNS/c1-11-6-7-13(8-12(11)2)16(18)10-19-15-5-3-4-14(17)9-15/h3-9,16H,10,18H2,1-2H3. The van der Waals surface area contributed by atoms with E-state index in [0.29, 0.717) is 0 Å². The Morgan fingerprint density at radius 1 is 1.11 bits per heavy atom. The second kappa shape index (κ2) is 6.47. The molecule has 0 amide bonds. The van der Waals surface area contributed by atoms with Crippen LogP contribution in [0.2, 0.25) is 5.02 Å². The summed E-state index contributed by atoms with van der Waals surface area (Å²) in [6.07, 6.45) is 0. The van der Waals surface area contributed by atoms with Crippen LogP contribution in [0.4, 0.5) is 0 Å². The molecule has 0 aliphatic rings. The molecule has 2 rings (SSSR count). The molecule has 0 aromatic heterocycles. The zero-order valence-corrected chi connectivity index (χ0v) is 12.8. The first kappa shape index (κ1) is 14.4. The molecule has 3 heteroatoms. The van der Waals surface area contributed by atoms with Gasteiger partial charge in [0.2, 0.25) is 0 Å². The number of hydrogen-bond acceptors (Lipinski definition) is 2. The average molecular weight is 292 g/mol. The van der Waals surface area contributed by atoms with Crippen LogP contribution in [-0.4, -0.2) is 5.75 Å². The molecule has 0 aliphatic carbocycles. The summed E-state index contributed by atoms with van der Waals surface area (Å²) in [7, 11) is 0. The first-order valence-electron chi connectivity index (χ1n) is 6.27. The molecule has 19 heavy (non-hydrogen) atoms. The predicted molar refractivity (Wildman–Crippen MR) is 85.0 cm³/mol. The van der Waals surface area contributed by atoms with Crippen molar-refractivity contribution in [1.29, 1.82) is 0 Å². The number of rotatable bonds is 4. The Kier molecular flexibility index (Phi) is 4.92. The monoisotopic (exact) mass is 291 g/mol. The summed E-state index contributed by atoms with van der Waals surface area (Å²) in [5.41, 5.74) is 10.0. The van der Waals surface area contributed by atoms with Gasteiger partial charge in [0.1, 0.15) is 0 Å². The highest BCUT2D eigenvalue weighted by atomic mass is 35.5. The SMILES string of the molecule is Cc1ccc(C(N)CSc2cccc(Cl)c2)cc1C. The van der Waals surface area contributed by atoms with Crippen LogP contribution in [0.3, 0.4) is 0 Å². The van der Waals surface area contributed by atoms with Crippen molar-refractivity contribution in [1.82, 2.24) is 0 Å². The van der Waals surface area contributed by atoms with Crippen molar-refractivity contribution in [2.75, 3.05) is 5.75 Å². The lowest BCUT2D eigenvalue weighted by Gasteiger charge is -2.13. The number of aryl methyl sites for hydroxylation is 2. The Bertz CT molecular complexity index is 568. The summed E-state index contributed by atoms with van der Waals surface area (Å²) >= 11 is 7.71. The lowest BCUT2D eigenvalue weighted by Crippen LogP contribution is -2.13. The van der Waals surface area contributed by atoms with Gasteiger partial charge in [-0.2, -0.15) is 0 Å². The number of nitrogens with two attached hydrogens (primary N) is 1. The summed E-state index contributed by atoms with van der Waals surface area (Å²) in [4.78, 5) is 1.16. The van der Waals surface area contributed by atoms with Crippen molar-refractivity contribution < 1.29 is 0 Å². The van der Waals surface area contributed by atoms with Gasteiger partial charge in [0, 0.05) is 21.7 Å². The van der Waals surface area contributed by atoms with Crippen LogP contribution in [0.5, 0.6) is 0 Å². The number of benzene rings is 2. The Labute approximate surface area is 124 Å². The highest BCUT2D eigenvalue weighted by Crippen LogP contribution is 2.26. The summed E-state index contributed by atoms with van der Waals surface area (Å²) in [5, 5.41) is 0.768. The third-order valence-electron chi connectivity index (χ3n) is 3.18. The Morgan fingerprint density at radius 2 is 1.89 bits per heavy atom. The molecule has 0 bridgehead atoms. The van der Waals surface area contributed by atoms with E-state index in [9.17, 15) is 0 Å². The summed E-state index contributed by atoms with van der Waals surface area (Å²) in [5.74, 6) is 0.850. The highest BCUT2D eigenvalue weighted by Gasteiger charge is 2.08. The quantitative estimate of drug-likeness (QED) is 0.823. The number of thioether (sulfide) groups is 1. The molecular formula is C16H18ClNS. The minimum Gasteiger partial charge on any atom is -0.323 e. The van der Waals surface area contributed by atoms with Crippen molar-refractivity contribution in [3.05, 3.63) is 64.2 Å². The van der Waals surface area contributed by atoms with Gasteiger partial charge in [0.15, 0.2) is 0 Å². The van der Waals surface area contributed by atoms with E-state index < -0.39 is 0 Å². The molecular weight excluding hydrogens is 274 g/mol. The first-order chi connectivity index (χ1) is 9.06. The second-order valence-electron chi connectivity index (χ2n) is 4.72. The summed E-state index contributed by atoms with van der Waals surface area (Å²) < 4.78 is 0. The third kappa shape index (κ3) is 4.00. The van der Waals surface area contributed by atoms with E-state index in [-0.39, 0.29) is 6.04 Å². The Balaban J connectivity index is 2.01. The van der Waals surface area contributed by atoms with E-state index in [1.54, 1.807) is 11.8 Å². The van der Waals surface area contributed by atoms with Crippen molar-refractivity contribution in [2.24, 2.45) is 5.73 Å². The normalized spacial score (nSPS) is 12.4. The molecule has 2 aromatic rings. The molecule has 0 saturated carbocycles. The molecule has 100 valence electrons. The zero-order valence-electron chi connectivity index (χ0n) is 11.2. The molecule has 0 aliphatic heterocycles. The van der Waals surface area contributed by atoms with Crippen LogP contribution in [0.1, 0.15) is 22.7 Å². The smallest absolute Gasteiger partial charge is 0.0417 e.